The fraction of sp³-hybridized carbons (Fsp3) is 0.280. The quantitative estimate of drug-likeness (QED) is 0.409. The molecule has 1 heterocycles. The van der Waals surface area contributed by atoms with Crippen LogP contribution in [0, 0.1) is 6.92 Å². The molecule has 30 heavy (non-hydrogen) atoms. The number of aromatic nitrogens is 1. The van der Waals surface area contributed by atoms with E-state index in [1.54, 1.807) is 5.48 Å². The first-order valence-corrected chi connectivity index (χ1v) is 10.2. The van der Waals surface area contributed by atoms with Gasteiger partial charge in [0, 0.05) is 19.0 Å². The Hall–Kier alpha value is -3.02. The maximum absolute atomic E-state index is 11.1. The Morgan fingerprint density at radius 2 is 1.63 bits per heavy atom. The van der Waals surface area contributed by atoms with Crippen LogP contribution in [0.15, 0.2) is 79.1 Å². The van der Waals surface area contributed by atoms with E-state index in [1.165, 1.54) is 22.3 Å². The van der Waals surface area contributed by atoms with Crippen molar-refractivity contribution in [3.63, 3.8) is 0 Å². The molecule has 0 saturated carbocycles. The van der Waals surface area contributed by atoms with E-state index in [-0.39, 0.29) is 12.5 Å². The third-order valence-corrected chi connectivity index (χ3v) is 4.60. The van der Waals surface area contributed by atoms with Gasteiger partial charge < -0.3 is 4.74 Å². The molecular weight excluding hydrogens is 376 g/mol. The Morgan fingerprint density at radius 1 is 1.00 bits per heavy atom. The van der Waals surface area contributed by atoms with Gasteiger partial charge in [0.05, 0.1) is 12.5 Å². The number of ether oxygens (including phenoxy) is 1. The Labute approximate surface area is 178 Å². The molecule has 1 atom stereocenters. The van der Waals surface area contributed by atoms with E-state index >= 15 is 0 Å². The van der Waals surface area contributed by atoms with Crippen LogP contribution in [0.4, 0.5) is 0 Å². The number of amides is 1. The fourth-order valence-corrected chi connectivity index (χ4v) is 2.99. The number of nitrogens with zero attached hydrogens (tertiary/aromatic N) is 1. The molecule has 3 aromatic rings. The van der Waals surface area contributed by atoms with E-state index in [9.17, 15) is 4.79 Å². The Kier molecular flexibility index (Phi) is 10.3. The zero-order valence-corrected chi connectivity index (χ0v) is 17.6. The Balaban J connectivity index is 0.000000230. The minimum atomic E-state index is -0.405. The summed E-state index contributed by atoms with van der Waals surface area (Å²) in [4.78, 5) is 15.1. The molecule has 5 heteroatoms. The fourth-order valence-electron chi connectivity index (χ4n) is 2.99. The largest absolute Gasteiger partial charge is 0.378 e. The predicted octanol–water partition coefficient (Wildman–Crippen LogP) is 4.98. The molecule has 5 nitrogen and oxygen atoms in total. The third kappa shape index (κ3) is 8.55. The summed E-state index contributed by atoms with van der Waals surface area (Å²) >= 11 is 0. The number of hydrogen-bond acceptors (Lipinski definition) is 4. The molecule has 0 aliphatic carbocycles. The smallest absolute Gasteiger partial charge is 0.245 e. The molecule has 0 spiro atoms. The van der Waals surface area contributed by atoms with Crippen LogP contribution >= 0.6 is 0 Å². The first-order valence-electron chi connectivity index (χ1n) is 10.2. The molecule has 2 N–H and O–H groups in total. The van der Waals surface area contributed by atoms with Gasteiger partial charge in [0.2, 0.25) is 5.91 Å². The van der Waals surface area contributed by atoms with Crippen molar-refractivity contribution in [2.45, 2.75) is 39.2 Å². The summed E-state index contributed by atoms with van der Waals surface area (Å²) in [7, 11) is 0. The molecule has 0 saturated heterocycles. The normalized spacial score (nSPS) is 11.2. The number of pyridine rings is 1. The number of rotatable bonds is 8. The van der Waals surface area contributed by atoms with E-state index in [1.807, 2.05) is 49.6 Å². The van der Waals surface area contributed by atoms with Crippen LogP contribution in [0.2, 0.25) is 0 Å². The van der Waals surface area contributed by atoms with E-state index in [2.05, 4.69) is 48.3 Å². The molecule has 0 aliphatic rings. The molecule has 1 amide bonds. The summed E-state index contributed by atoms with van der Waals surface area (Å²) in [5, 5.41) is 8.51. The molecule has 1 aromatic heterocycles. The number of benzene rings is 2. The lowest BCUT2D eigenvalue weighted by atomic mass is 10.0. The van der Waals surface area contributed by atoms with Crippen molar-refractivity contribution in [2.75, 3.05) is 6.61 Å². The molecule has 3 rings (SSSR count). The zero-order chi connectivity index (χ0) is 21.6. The van der Waals surface area contributed by atoms with E-state index < -0.39 is 5.91 Å². The van der Waals surface area contributed by atoms with E-state index in [4.69, 9.17) is 9.94 Å². The van der Waals surface area contributed by atoms with Gasteiger partial charge in [-0.15, -0.1) is 0 Å². The molecule has 0 fully saturated rings. The number of hydroxylamine groups is 1. The average molecular weight is 407 g/mol. The van der Waals surface area contributed by atoms with Crippen molar-refractivity contribution >= 4 is 5.91 Å². The first kappa shape index (κ1) is 23.3. The van der Waals surface area contributed by atoms with Crippen LogP contribution in [0.25, 0.3) is 11.1 Å². The Bertz CT molecular complexity index is 815. The number of carbonyl (C=O) groups is 1. The van der Waals surface area contributed by atoms with Gasteiger partial charge in [-0.2, -0.15) is 0 Å². The van der Waals surface area contributed by atoms with Crippen LogP contribution in [-0.2, 0) is 16.0 Å². The van der Waals surface area contributed by atoms with Crippen LogP contribution in [0.1, 0.15) is 30.9 Å². The van der Waals surface area contributed by atoms with Gasteiger partial charge in [0.15, 0.2) is 0 Å². The SMILES string of the molecule is CCOC(CCc1ccc(C)cc1)CC(=O)NO.c1ccc(-c2ccncc2)cc1. The van der Waals surface area contributed by atoms with Crippen molar-refractivity contribution in [1.82, 2.24) is 10.5 Å². The molecule has 0 bridgehead atoms. The van der Waals surface area contributed by atoms with Gasteiger partial charge in [0.25, 0.3) is 0 Å². The Morgan fingerprint density at radius 3 is 2.23 bits per heavy atom. The highest BCUT2D eigenvalue weighted by molar-refractivity contribution is 5.75. The first-order chi connectivity index (χ1) is 14.6. The molecular formula is C25H30N2O3. The minimum Gasteiger partial charge on any atom is -0.378 e. The second-order valence-electron chi connectivity index (χ2n) is 6.94. The highest BCUT2D eigenvalue weighted by Crippen LogP contribution is 2.16. The van der Waals surface area contributed by atoms with Gasteiger partial charge in [-0.1, -0.05) is 60.2 Å². The van der Waals surface area contributed by atoms with Gasteiger partial charge >= 0.3 is 0 Å². The molecule has 1 unspecified atom stereocenters. The summed E-state index contributed by atoms with van der Waals surface area (Å²) in [6.07, 6.45) is 5.29. The maximum atomic E-state index is 11.1. The molecule has 2 aromatic carbocycles. The molecule has 0 aliphatic heterocycles. The van der Waals surface area contributed by atoms with Gasteiger partial charge in [0.1, 0.15) is 0 Å². The van der Waals surface area contributed by atoms with Crippen molar-refractivity contribution in [3.05, 3.63) is 90.3 Å². The number of aryl methyl sites for hydroxylation is 2. The summed E-state index contributed by atoms with van der Waals surface area (Å²) in [6.45, 7) is 4.52. The van der Waals surface area contributed by atoms with Crippen molar-refractivity contribution in [1.29, 1.82) is 0 Å². The van der Waals surface area contributed by atoms with Gasteiger partial charge in [-0.3, -0.25) is 15.0 Å². The lowest BCUT2D eigenvalue weighted by Crippen LogP contribution is -2.26. The maximum Gasteiger partial charge on any atom is 0.245 e. The highest BCUT2D eigenvalue weighted by atomic mass is 16.5. The molecule has 0 radical (unpaired) electrons. The third-order valence-electron chi connectivity index (χ3n) is 4.60. The average Bonchev–Trinajstić information content (AvgIpc) is 2.80. The summed E-state index contributed by atoms with van der Waals surface area (Å²) in [6, 6.07) is 22.6. The number of carbonyl (C=O) groups excluding carboxylic acids is 1. The number of hydrogen-bond donors (Lipinski definition) is 2. The predicted molar refractivity (Wildman–Crippen MR) is 119 cm³/mol. The van der Waals surface area contributed by atoms with Crippen molar-refractivity contribution < 1.29 is 14.7 Å². The number of nitrogens with one attached hydrogen (secondary N) is 1. The van der Waals surface area contributed by atoms with Gasteiger partial charge in [-0.05, 0) is 55.5 Å². The lowest BCUT2D eigenvalue weighted by molar-refractivity contribution is -0.132. The highest BCUT2D eigenvalue weighted by Gasteiger charge is 2.13. The van der Waals surface area contributed by atoms with Crippen LogP contribution in [0.5, 0.6) is 0 Å². The van der Waals surface area contributed by atoms with Gasteiger partial charge in [-0.25, -0.2) is 5.48 Å². The van der Waals surface area contributed by atoms with Crippen LogP contribution < -0.4 is 5.48 Å². The van der Waals surface area contributed by atoms with E-state index in [0.29, 0.717) is 6.61 Å². The summed E-state index contributed by atoms with van der Waals surface area (Å²) < 4.78 is 5.49. The van der Waals surface area contributed by atoms with E-state index in [0.717, 1.165) is 12.8 Å². The second-order valence-corrected chi connectivity index (χ2v) is 6.94. The summed E-state index contributed by atoms with van der Waals surface area (Å²) in [5.74, 6) is -0.405. The topological polar surface area (TPSA) is 71.5 Å². The standard InChI is InChI=1S/C14H21NO3.C11H9N/c1-3-18-13(10-14(16)15-17)9-8-12-6-4-11(2)5-7-12;1-2-4-10(5-3-1)11-6-8-12-9-7-11/h4-7,13,17H,3,8-10H2,1-2H3,(H,15,16);1-9H. The van der Waals surface area contributed by atoms with Crippen LogP contribution in [-0.4, -0.2) is 28.8 Å². The minimum absolute atomic E-state index is 0.150. The van der Waals surface area contributed by atoms with Crippen molar-refractivity contribution in [3.8, 4) is 11.1 Å². The monoisotopic (exact) mass is 406 g/mol. The second kappa shape index (κ2) is 13.2. The summed E-state index contributed by atoms with van der Waals surface area (Å²) in [5.41, 5.74) is 6.56. The molecule has 158 valence electrons. The van der Waals surface area contributed by atoms with Crippen LogP contribution in [0.3, 0.4) is 0 Å². The lowest BCUT2D eigenvalue weighted by Gasteiger charge is -2.15. The van der Waals surface area contributed by atoms with Crippen molar-refractivity contribution in [2.24, 2.45) is 0 Å². The zero-order valence-electron chi connectivity index (χ0n) is 17.6.